The van der Waals surface area contributed by atoms with E-state index < -0.39 is 6.10 Å². The second kappa shape index (κ2) is 7.75. The summed E-state index contributed by atoms with van der Waals surface area (Å²) >= 11 is 0. The molecule has 2 atom stereocenters. The molecule has 0 radical (unpaired) electrons. The maximum absolute atomic E-state index is 10.2. The molecule has 5 nitrogen and oxygen atoms in total. The Morgan fingerprint density at radius 1 is 1.38 bits per heavy atom. The Labute approximate surface area is 127 Å². The van der Waals surface area contributed by atoms with Crippen LogP contribution in [0, 0.1) is 0 Å². The first kappa shape index (κ1) is 16.2. The Kier molecular flexibility index (Phi) is 5.99. The maximum atomic E-state index is 10.2. The highest BCUT2D eigenvalue weighted by Gasteiger charge is 2.22. The molecular formula is C16H27N3O2. The zero-order valence-corrected chi connectivity index (χ0v) is 13.0. The average molecular weight is 293 g/mol. The molecule has 2 unspecified atom stereocenters. The third kappa shape index (κ3) is 4.68. The molecule has 21 heavy (non-hydrogen) atoms. The first-order valence-corrected chi connectivity index (χ1v) is 7.61. The molecule has 1 aliphatic heterocycles. The summed E-state index contributed by atoms with van der Waals surface area (Å²) in [5.41, 5.74) is 6.65. The number of likely N-dealkylation sites (N-methyl/N-ethyl adjacent to an activating group) is 1. The molecule has 1 saturated heterocycles. The van der Waals surface area contributed by atoms with Crippen LogP contribution >= 0.6 is 0 Å². The highest BCUT2D eigenvalue weighted by molar-refractivity contribution is 5.32. The second-order valence-electron chi connectivity index (χ2n) is 5.87. The Hall–Kier alpha value is -1.14. The molecule has 0 aliphatic carbocycles. The van der Waals surface area contributed by atoms with Gasteiger partial charge in [-0.25, -0.2) is 0 Å². The van der Waals surface area contributed by atoms with Crippen molar-refractivity contribution in [2.24, 2.45) is 5.73 Å². The molecule has 0 amide bonds. The molecule has 118 valence electrons. The van der Waals surface area contributed by atoms with Gasteiger partial charge in [0.05, 0.1) is 0 Å². The van der Waals surface area contributed by atoms with Crippen LogP contribution in [-0.2, 0) is 6.54 Å². The van der Waals surface area contributed by atoms with Crippen LogP contribution < -0.4 is 10.5 Å². The molecule has 1 aromatic carbocycles. The lowest BCUT2D eigenvalue weighted by Gasteiger charge is -2.38. The van der Waals surface area contributed by atoms with Gasteiger partial charge in [0.2, 0.25) is 0 Å². The van der Waals surface area contributed by atoms with E-state index in [-0.39, 0.29) is 0 Å². The molecular weight excluding hydrogens is 266 g/mol. The van der Waals surface area contributed by atoms with E-state index in [0.29, 0.717) is 25.7 Å². The fourth-order valence-corrected chi connectivity index (χ4v) is 2.64. The van der Waals surface area contributed by atoms with Crippen LogP contribution in [0.3, 0.4) is 0 Å². The number of hydrogen-bond acceptors (Lipinski definition) is 5. The molecule has 1 aliphatic rings. The van der Waals surface area contributed by atoms with Crippen molar-refractivity contribution in [3.63, 3.8) is 0 Å². The minimum Gasteiger partial charge on any atom is -0.491 e. The van der Waals surface area contributed by atoms with Gasteiger partial charge in [0.15, 0.2) is 0 Å². The van der Waals surface area contributed by atoms with E-state index >= 15 is 0 Å². The largest absolute Gasteiger partial charge is 0.491 e. The van der Waals surface area contributed by atoms with E-state index in [9.17, 15) is 5.11 Å². The number of piperazine rings is 1. The zero-order chi connectivity index (χ0) is 15.2. The maximum Gasteiger partial charge on any atom is 0.123 e. The monoisotopic (exact) mass is 293 g/mol. The normalized spacial score (nSPS) is 22.2. The fourth-order valence-electron chi connectivity index (χ4n) is 2.64. The molecule has 3 N–H and O–H groups in total. The number of ether oxygens (including phenoxy) is 1. The second-order valence-corrected chi connectivity index (χ2v) is 5.87. The highest BCUT2D eigenvalue weighted by Crippen LogP contribution is 2.17. The van der Waals surface area contributed by atoms with Crippen LogP contribution in [0.2, 0.25) is 0 Å². The van der Waals surface area contributed by atoms with Crippen LogP contribution in [0.5, 0.6) is 5.75 Å². The van der Waals surface area contributed by atoms with Crippen LogP contribution in [-0.4, -0.2) is 66.9 Å². The summed E-state index contributed by atoms with van der Waals surface area (Å²) in [6.45, 7) is 6.66. The Morgan fingerprint density at radius 3 is 2.86 bits per heavy atom. The van der Waals surface area contributed by atoms with Gasteiger partial charge in [-0.1, -0.05) is 18.2 Å². The van der Waals surface area contributed by atoms with Gasteiger partial charge in [0.25, 0.3) is 0 Å². The molecule has 1 aromatic rings. The molecule has 1 fully saturated rings. The summed E-state index contributed by atoms with van der Waals surface area (Å²) in [5, 5.41) is 10.2. The van der Waals surface area contributed by atoms with Crippen molar-refractivity contribution < 1.29 is 9.84 Å². The van der Waals surface area contributed by atoms with Crippen LogP contribution in [0.1, 0.15) is 12.5 Å². The lowest BCUT2D eigenvalue weighted by Crippen LogP contribution is -2.52. The van der Waals surface area contributed by atoms with Crippen LogP contribution in [0.4, 0.5) is 0 Å². The van der Waals surface area contributed by atoms with Gasteiger partial charge >= 0.3 is 0 Å². The quantitative estimate of drug-likeness (QED) is 0.801. The molecule has 1 heterocycles. The summed E-state index contributed by atoms with van der Waals surface area (Å²) in [6, 6.07) is 8.24. The van der Waals surface area contributed by atoms with Crippen molar-refractivity contribution in [2.45, 2.75) is 25.6 Å². The van der Waals surface area contributed by atoms with Crippen molar-refractivity contribution in [1.29, 1.82) is 0 Å². The predicted molar refractivity (Wildman–Crippen MR) is 84.4 cm³/mol. The number of aliphatic hydroxyl groups excluding tert-OH is 1. The number of rotatable bonds is 6. The zero-order valence-electron chi connectivity index (χ0n) is 13.0. The average Bonchev–Trinajstić information content (AvgIpc) is 2.49. The number of para-hydroxylation sites is 1. The van der Waals surface area contributed by atoms with E-state index in [1.54, 1.807) is 0 Å². The standard InChI is InChI=1S/C16H27N3O2/c1-13-10-19(8-7-18(13)2)11-15(20)12-21-16-6-4-3-5-14(16)9-17/h3-6,13,15,20H,7-12,17H2,1-2H3. The lowest BCUT2D eigenvalue weighted by atomic mass is 10.2. The molecule has 0 saturated carbocycles. The minimum atomic E-state index is -0.480. The van der Waals surface area contributed by atoms with Gasteiger partial charge in [-0.2, -0.15) is 0 Å². The highest BCUT2D eigenvalue weighted by atomic mass is 16.5. The number of aliphatic hydroxyl groups is 1. The smallest absolute Gasteiger partial charge is 0.123 e. The summed E-state index contributed by atoms with van der Waals surface area (Å²) in [4.78, 5) is 4.64. The summed E-state index contributed by atoms with van der Waals surface area (Å²) in [5.74, 6) is 0.769. The lowest BCUT2D eigenvalue weighted by molar-refractivity contribution is 0.0355. The van der Waals surface area contributed by atoms with Crippen molar-refractivity contribution in [3.8, 4) is 5.75 Å². The van der Waals surface area contributed by atoms with Gasteiger partial charge in [-0.05, 0) is 20.0 Å². The molecule has 2 rings (SSSR count). The van der Waals surface area contributed by atoms with Crippen molar-refractivity contribution in [3.05, 3.63) is 29.8 Å². The van der Waals surface area contributed by atoms with Gasteiger partial charge in [0, 0.05) is 44.3 Å². The van der Waals surface area contributed by atoms with E-state index in [2.05, 4.69) is 23.8 Å². The SMILES string of the molecule is CC1CN(CC(O)COc2ccccc2CN)CCN1C. The Balaban J connectivity index is 1.78. The van der Waals surface area contributed by atoms with Crippen molar-refractivity contribution >= 4 is 0 Å². The van der Waals surface area contributed by atoms with E-state index in [1.807, 2.05) is 24.3 Å². The third-order valence-electron chi connectivity index (χ3n) is 4.14. The summed E-state index contributed by atoms with van der Waals surface area (Å²) in [7, 11) is 2.14. The molecule has 0 spiro atoms. The topological polar surface area (TPSA) is 62.0 Å². The third-order valence-corrected chi connectivity index (χ3v) is 4.14. The number of benzene rings is 1. The number of nitrogens with zero attached hydrogens (tertiary/aromatic N) is 2. The number of β-amino-alcohol motifs (C(OH)–C–C–N with tert-alkyl or cyclic N) is 1. The van der Waals surface area contributed by atoms with Crippen LogP contribution in [0.25, 0.3) is 0 Å². The first-order valence-electron chi connectivity index (χ1n) is 7.61. The molecule has 5 heteroatoms. The Bertz CT molecular complexity index is 441. The van der Waals surface area contributed by atoms with Gasteiger partial charge in [-0.3, -0.25) is 4.90 Å². The van der Waals surface area contributed by atoms with E-state index in [4.69, 9.17) is 10.5 Å². The van der Waals surface area contributed by atoms with Gasteiger partial charge in [-0.15, -0.1) is 0 Å². The van der Waals surface area contributed by atoms with Gasteiger partial charge < -0.3 is 20.5 Å². The molecule has 0 aromatic heterocycles. The minimum absolute atomic E-state index is 0.303. The number of hydrogen-bond donors (Lipinski definition) is 2. The summed E-state index contributed by atoms with van der Waals surface area (Å²) in [6.07, 6.45) is -0.480. The van der Waals surface area contributed by atoms with E-state index in [1.165, 1.54) is 0 Å². The van der Waals surface area contributed by atoms with Gasteiger partial charge in [0.1, 0.15) is 18.5 Å². The fraction of sp³-hybridized carbons (Fsp3) is 0.625. The number of nitrogens with two attached hydrogens (primary N) is 1. The van der Waals surface area contributed by atoms with Crippen LogP contribution in [0.15, 0.2) is 24.3 Å². The van der Waals surface area contributed by atoms with Crippen molar-refractivity contribution in [2.75, 3.05) is 39.8 Å². The Morgan fingerprint density at radius 2 is 2.14 bits per heavy atom. The van der Waals surface area contributed by atoms with E-state index in [0.717, 1.165) is 30.9 Å². The summed E-state index contributed by atoms with van der Waals surface area (Å²) < 4.78 is 5.71. The predicted octanol–water partition coefficient (Wildman–Crippen LogP) is 0.521. The molecule has 0 bridgehead atoms. The van der Waals surface area contributed by atoms with Crippen molar-refractivity contribution in [1.82, 2.24) is 9.80 Å². The first-order chi connectivity index (χ1) is 10.1.